The quantitative estimate of drug-likeness (QED) is 0.760. The van der Waals surface area contributed by atoms with E-state index in [9.17, 15) is 9.59 Å². The summed E-state index contributed by atoms with van der Waals surface area (Å²) in [4.78, 5) is 27.5. The molecule has 5 rings (SSSR count). The molecule has 1 amide bonds. The molecule has 0 spiro atoms. The van der Waals surface area contributed by atoms with Crippen molar-refractivity contribution in [3.05, 3.63) is 44.7 Å². The van der Waals surface area contributed by atoms with Crippen LogP contribution >= 0.6 is 0 Å². The number of hydrogen-bond donors (Lipinski definition) is 1. The molecule has 0 aromatic carbocycles. The summed E-state index contributed by atoms with van der Waals surface area (Å²) >= 11 is 0. The Labute approximate surface area is 182 Å². The van der Waals surface area contributed by atoms with Crippen LogP contribution in [0.3, 0.4) is 0 Å². The van der Waals surface area contributed by atoms with Gasteiger partial charge >= 0.3 is 0 Å². The highest BCUT2D eigenvalue weighted by molar-refractivity contribution is 5.93. The van der Waals surface area contributed by atoms with Crippen molar-refractivity contribution in [2.24, 2.45) is 0 Å². The van der Waals surface area contributed by atoms with Crippen molar-refractivity contribution in [3.63, 3.8) is 0 Å². The minimum absolute atomic E-state index is 0.00222. The van der Waals surface area contributed by atoms with Gasteiger partial charge in [-0.3, -0.25) is 14.5 Å². The second-order valence-corrected chi connectivity index (χ2v) is 9.07. The van der Waals surface area contributed by atoms with Crippen molar-refractivity contribution in [1.29, 1.82) is 0 Å². The minimum atomic E-state index is -0.155. The standard InChI is InChI=1S/C23H31N5O3/c29-21-14-16-6-5-10-19(16)25-28(21)13-12-27-11-4-3-7-17(27)15-24-23(30)22-18-8-1-2-9-20(18)26-31-22/h14,17H,1-13,15H2,(H,24,30). The summed E-state index contributed by atoms with van der Waals surface area (Å²) in [5.74, 6) is 0.239. The van der Waals surface area contributed by atoms with Crippen molar-refractivity contribution in [1.82, 2.24) is 25.2 Å². The fraction of sp³-hybridized carbons (Fsp3) is 0.652. The average molecular weight is 426 g/mol. The van der Waals surface area contributed by atoms with Gasteiger partial charge in [0.2, 0.25) is 5.76 Å². The van der Waals surface area contributed by atoms with Gasteiger partial charge in [-0.1, -0.05) is 11.6 Å². The summed E-state index contributed by atoms with van der Waals surface area (Å²) in [6.07, 6.45) is 10.4. The number of aromatic nitrogens is 3. The number of hydrogen-bond acceptors (Lipinski definition) is 6. The van der Waals surface area contributed by atoms with Crippen LogP contribution in [0.4, 0.5) is 0 Å². The summed E-state index contributed by atoms with van der Waals surface area (Å²) in [5.41, 5.74) is 4.14. The lowest BCUT2D eigenvalue weighted by Gasteiger charge is -2.35. The third kappa shape index (κ3) is 4.31. The highest BCUT2D eigenvalue weighted by Crippen LogP contribution is 2.24. The molecule has 1 aliphatic heterocycles. The van der Waals surface area contributed by atoms with Gasteiger partial charge in [-0.05, 0) is 69.9 Å². The van der Waals surface area contributed by atoms with Crippen molar-refractivity contribution in [2.75, 3.05) is 19.6 Å². The number of nitrogens with one attached hydrogen (secondary N) is 1. The lowest BCUT2D eigenvalue weighted by atomic mass is 9.96. The number of nitrogens with zero attached hydrogens (tertiary/aromatic N) is 4. The molecular weight excluding hydrogens is 394 g/mol. The van der Waals surface area contributed by atoms with E-state index in [1.165, 1.54) is 0 Å². The zero-order chi connectivity index (χ0) is 21.2. The molecule has 1 saturated heterocycles. The van der Waals surface area contributed by atoms with Gasteiger partial charge < -0.3 is 9.84 Å². The van der Waals surface area contributed by atoms with E-state index in [4.69, 9.17) is 4.52 Å². The van der Waals surface area contributed by atoms with Crippen LogP contribution in [-0.2, 0) is 32.2 Å². The molecule has 1 atom stereocenters. The van der Waals surface area contributed by atoms with Crippen LogP contribution in [0.5, 0.6) is 0 Å². The van der Waals surface area contributed by atoms with Gasteiger partial charge in [0.25, 0.3) is 11.5 Å². The predicted octanol–water partition coefficient (Wildman–Crippen LogP) is 1.88. The third-order valence-electron chi connectivity index (χ3n) is 7.04. The zero-order valence-electron chi connectivity index (χ0n) is 18.1. The van der Waals surface area contributed by atoms with E-state index in [-0.39, 0.29) is 17.5 Å². The maximum Gasteiger partial charge on any atom is 0.290 e. The van der Waals surface area contributed by atoms with E-state index in [2.05, 4.69) is 20.5 Å². The van der Waals surface area contributed by atoms with Crippen LogP contribution in [0, 0.1) is 0 Å². The summed E-state index contributed by atoms with van der Waals surface area (Å²) in [7, 11) is 0. The number of carbonyl (C=O) groups excluding carboxylic acids is 1. The minimum Gasteiger partial charge on any atom is -0.350 e. The lowest BCUT2D eigenvalue weighted by molar-refractivity contribution is 0.0872. The van der Waals surface area contributed by atoms with E-state index in [1.807, 2.05) is 0 Å². The van der Waals surface area contributed by atoms with Crippen LogP contribution in [0.1, 0.15) is 71.6 Å². The Bertz CT molecular complexity index is 1010. The molecule has 8 nitrogen and oxygen atoms in total. The molecular formula is C23H31N5O3. The van der Waals surface area contributed by atoms with E-state index in [1.54, 1.807) is 10.7 Å². The molecule has 31 heavy (non-hydrogen) atoms. The van der Waals surface area contributed by atoms with Crippen LogP contribution < -0.4 is 10.9 Å². The largest absolute Gasteiger partial charge is 0.350 e. The number of amides is 1. The maximum absolute atomic E-state index is 12.7. The molecule has 3 aliphatic rings. The molecule has 1 N–H and O–H groups in total. The Morgan fingerprint density at radius 3 is 2.87 bits per heavy atom. The second-order valence-electron chi connectivity index (χ2n) is 9.07. The number of piperidine rings is 1. The Kier molecular flexibility index (Phi) is 5.89. The van der Waals surface area contributed by atoms with Gasteiger partial charge in [-0.25, -0.2) is 4.68 Å². The van der Waals surface area contributed by atoms with E-state index >= 15 is 0 Å². The molecule has 166 valence electrons. The van der Waals surface area contributed by atoms with Crippen molar-refractivity contribution < 1.29 is 9.32 Å². The number of aryl methyl sites for hydroxylation is 3. The van der Waals surface area contributed by atoms with E-state index in [0.717, 1.165) is 99.8 Å². The van der Waals surface area contributed by atoms with Gasteiger partial charge in [-0.2, -0.15) is 5.10 Å². The zero-order valence-corrected chi connectivity index (χ0v) is 18.1. The van der Waals surface area contributed by atoms with Crippen LogP contribution in [0.15, 0.2) is 15.4 Å². The Hall–Kier alpha value is -2.48. The summed E-state index contributed by atoms with van der Waals surface area (Å²) < 4.78 is 7.00. The number of likely N-dealkylation sites (tertiary alicyclic amines) is 1. The molecule has 2 aromatic heterocycles. The highest BCUT2D eigenvalue weighted by Gasteiger charge is 2.27. The highest BCUT2D eigenvalue weighted by atomic mass is 16.5. The maximum atomic E-state index is 12.7. The SMILES string of the molecule is O=C(NCC1CCCCN1CCn1nc2c(cc1=O)CCC2)c1onc2c1CCCC2. The Balaban J connectivity index is 1.20. The van der Waals surface area contributed by atoms with Gasteiger partial charge in [0.15, 0.2) is 0 Å². The summed E-state index contributed by atoms with van der Waals surface area (Å²) in [6, 6.07) is 2.03. The van der Waals surface area contributed by atoms with Crippen molar-refractivity contribution in [3.8, 4) is 0 Å². The molecule has 8 heteroatoms. The first-order valence-electron chi connectivity index (χ1n) is 11.8. The molecule has 1 fully saturated rings. The fourth-order valence-electron chi connectivity index (χ4n) is 5.27. The van der Waals surface area contributed by atoms with Crippen molar-refractivity contribution >= 4 is 5.91 Å². The summed E-state index contributed by atoms with van der Waals surface area (Å²) in [6.45, 7) is 2.93. The summed E-state index contributed by atoms with van der Waals surface area (Å²) in [5, 5.41) is 11.8. The van der Waals surface area contributed by atoms with Gasteiger partial charge in [0, 0.05) is 30.8 Å². The smallest absolute Gasteiger partial charge is 0.290 e. The average Bonchev–Trinajstić information content (AvgIpc) is 3.43. The van der Waals surface area contributed by atoms with Crippen LogP contribution in [-0.4, -0.2) is 51.4 Å². The van der Waals surface area contributed by atoms with Gasteiger partial charge in [-0.15, -0.1) is 0 Å². The van der Waals surface area contributed by atoms with Crippen molar-refractivity contribution in [2.45, 2.75) is 76.8 Å². The normalized spacial score (nSPS) is 21.0. The Morgan fingerprint density at radius 1 is 1.06 bits per heavy atom. The first-order valence-corrected chi connectivity index (χ1v) is 11.8. The first kappa shape index (κ1) is 20.4. The molecule has 0 saturated carbocycles. The topological polar surface area (TPSA) is 93.3 Å². The molecule has 2 aromatic rings. The molecule has 2 aliphatic carbocycles. The van der Waals surface area contributed by atoms with E-state index < -0.39 is 0 Å². The Morgan fingerprint density at radius 2 is 1.94 bits per heavy atom. The monoisotopic (exact) mass is 425 g/mol. The number of rotatable bonds is 6. The lowest BCUT2D eigenvalue weighted by Crippen LogP contribution is -2.48. The molecule has 0 radical (unpaired) electrons. The molecule has 1 unspecified atom stereocenters. The van der Waals surface area contributed by atoms with E-state index in [0.29, 0.717) is 18.8 Å². The fourth-order valence-corrected chi connectivity index (χ4v) is 5.27. The van der Waals surface area contributed by atoms with Crippen LogP contribution in [0.25, 0.3) is 0 Å². The second kappa shape index (κ2) is 8.94. The van der Waals surface area contributed by atoms with Gasteiger partial charge in [0.1, 0.15) is 0 Å². The molecule has 3 heterocycles. The molecule has 0 bridgehead atoms. The van der Waals surface area contributed by atoms with Crippen LogP contribution in [0.2, 0.25) is 0 Å². The number of fused-ring (bicyclic) bond motifs is 2. The van der Waals surface area contributed by atoms with Gasteiger partial charge in [0.05, 0.1) is 17.9 Å². The number of carbonyl (C=O) groups is 1. The first-order chi connectivity index (χ1) is 15.2. The third-order valence-corrected chi connectivity index (χ3v) is 7.04. The predicted molar refractivity (Wildman–Crippen MR) is 115 cm³/mol.